The third kappa shape index (κ3) is 4.76. The highest BCUT2D eigenvalue weighted by Crippen LogP contribution is 2.18. The number of likely N-dealkylation sites (tertiary alicyclic amines) is 1. The number of hydrogen-bond donors (Lipinski definition) is 2. The summed E-state index contributed by atoms with van der Waals surface area (Å²) in [7, 11) is 1.64. The van der Waals surface area contributed by atoms with E-state index in [-0.39, 0.29) is 36.2 Å². The predicted octanol–water partition coefficient (Wildman–Crippen LogP) is 1.46. The summed E-state index contributed by atoms with van der Waals surface area (Å²) < 4.78 is 41.8. The lowest BCUT2D eigenvalue weighted by Gasteiger charge is -2.13. The van der Waals surface area contributed by atoms with E-state index < -0.39 is 18.5 Å². The number of halogens is 3. The molecule has 0 bridgehead atoms. The minimum absolute atomic E-state index is 0.0593. The molecule has 1 saturated heterocycles. The first-order valence-corrected chi connectivity index (χ1v) is 6.86. The van der Waals surface area contributed by atoms with E-state index in [2.05, 4.69) is 15.4 Å². The van der Waals surface area contributed by atoms with Gasteiger partial charge in [0, 0.05) is 38.2 Å². The number of carbonyl (C=O) groups is 2. The molecular weight excluding hydrogens is 315 g/mol. The highest BCUT2D eigenvalue weighted by molar-refractivity contribution is 5.81. The van der Waals surface area contributed by atoms with Gasteiger partial charge in [0.25, 0.3) is 0 Å². The highest BCUT2D eigenvalue weighted by Gasteiger charge is 2.27. The fourth-order valence-electron chi connectivity index (χ4n) is 2.22. The van der Waals surface area contributed by atoms with Gasteiger partial charge in [0.2, 0.25) is 5.91 Å². The number of carbonyl (C=O) groups excluding carboxylic acids is 2. The monoisotopic (exact) mass is 331 g/mol. The van der Waals surface area contributed by atoms with Crippen molar-refractivity contribution >= 4 is 11.9 Å². The molecule has 0 unspecified atom stereocenters. The zero-order chi connectivity index (χ0) is 17.0. The van der Waals surface area contributed by atoms with Gasteiger partial charge < -0.3 is 20.3 Å². The van der Waals surface area contributed by atoms with Gasteiger partial charge in [0.1, 0.15) is 11.6 Å². The summed E-state index contributed by atoms with van der Waals surface area (Å²) >= 11 is 0. The van der Waals surface area contributed by atoms with E-state index in [1.54, 1.807) is 7.05 Å². The van der Waals surface area contributed by atoms with Crippen LogP contribution in [0.15, 0.2) is 18.2 Å². The van der Waals surface area contributed by atoms with Crippen molar-refractivity contribution < 1.29 is 27.5 Å². The Morgan fingerprint density at radius 3 is 2.78 bits per heavy atom. The summed E-state index contributed by atoms with van der Waals surface area (Å²) in [4.78, 5) is 24.6. The van der Waals surface area contributed by atoms with Crippen LogP contribution < -0.4 is 15.4 Å². The Balaban J connectivity index is 1.83. The molecule has 1 fully saturated rings. The van der Waals surface area contributed by atoms with E-state index in [9.17, 15) is 22.8 Å². The minimum atomic E-state index is -3.03. The number of nitrogens with one attached hydrogen (secondary N) is 2. The van der Waals surface area contributed by atoms with Crippen molar-refractivity contribution in [2.45, 2.75) is 25.6 Å². The number of likely N-dealkylation sites (N-methyl/N-ethyl adjacent to an activating group) is 1. The zero-order valence-electron chi connectivity index (χ0n) is 12.3. The van der Waals surface area contributed by atoms with Crippen LogP contribution in [-0.4, -0.2) is 43.1 Å². The quantitative estimate of drug-likeness (QED) is 0.858. The number of amides is 3. The van der Waals surface area contributed by atoms with Gasteiger partial charge in [-0.05, 0) is 6.07 Å². The molecule has 0 aliphatic carbocycles. The molecule has 23 heavy (non-hydrogen) atoms. The van der Waals surface area contributed by atoms with Gasteiger partial charge >= 0.3 is 12.6 Å². The maximum Gasteiger partial charge on any atom is 0.387 e. The van der Waals surface area contributed by atoms with Crippen LogP contribution in [0.1, 0.15) is 12.0 Å². The van der Waals surface area contributed by atoms with Crippen LogP contribution in [0.2, 0.25) is 0 Å². The summed E-state index contributed by atoms with van der Waals surface area (Å²) in [5, 5.41) is 5.06. The van der Waals surface area contributed by atoms with E-state index >= 15 is 0 Å². The van der Waals surface area contributed by atoms with E-state index in [0.29, 0.717) is 6.54 Å². The van der Waals surface area contributed by atoms with Crippen LogP contribution in [0.4, 0.5) is 18.0 Å². The summed E-state index contributed by atoms with van der Waals surface area (Å²) in [6.45, 7) is -2.74. The first kappa shape index (κ1) is 16.9. The van der Waals surface area contributed by atoms with Crippen LogP contribution in [0, 0.1) is 5.82 Å². The van der Waals surface area contributed by atoms with E-state index in [0.717, 1.165) is 6.07 Å². The molecule has 2 rings (SSSR count). The molecule has 1 aliphatic rings. The number of rotatable bonds is 5. The van der Waals surface area contributed by atoms with E-state index in [4.69, 9.17) is 0 Å². The Labute approximate surface area is 130 Å². The highest BCUT2D eigenvalue weighted by atomic mass is 19.3. The Morgan fingerprint density at radius 1 is 1.48 bits per heavy atom. The van der Waals surface area contributed by atoms with Gasteiger partial charge in [-0.25, -0.2) is 9.18 Å². The van der Waals surface area contributed by atoms with E-state index in [1.807, 2.05) is 0 Å². The molecule has 1 aromatic carbocycles. The smallest absolute Gasteiger partial charge is 0.387 e. The molecular formula is C14H16F3N3O3. The molecule has 0 aromatic heterocycles. The van der Waals surface area contributed by atoms with Gasteiger partial charge in [-0.2, -0.15) is 8.78 Å². The van der Waals surface area contributed by atoms with Crippen molar-refractivity contribution in [2.75, 3.05) is 13.6 Å². The second kappa shape index (κ2) is 7.21. The molecule has 1 atom stereocenters. The maximum atomic E-state index is 13.7. The topological polar surface area (TPSA) is 70.7 Å². The number of benzene rings is 1. The van der Waals surface area contributed by atoms with Gasteiger partial charge in [-0.1, -0.05) is 6.07 Å². The first-order chi connectivity index (χ1) is 10.8. The maximum absolute atomic E-state index is 13.7. The number of alkyl halides is 2. The average molecular weight is 331 g/mol. The van der Waals surface area contributed by atoms with Crippen molar-refractivity contribution in [1.29, 1.82) is 0 Å². The lowest BCUT2D eigenvalue weighted by molar-refractivity contribution is -0.126. The Morgan fingerprint density at radius 2 is 2.22 bits per heavy atom. The molecule has 9 heteroatoms. The van der Waals surface area contributed by atoms with Crippen molar-refractivity contribution in [3.63, 3.8) is 0 Å². The number of hydrogen-bond acceptors (Lipinski definition) is 3. The molecule has 1 aromatic rings. The summed E-state index contributed by atoms with van der Waals surface area (Å²) in [6, 6.07) is 2.44. The summed E-state index contributed by atoms with van der Waals surface area (Å²) in [5.74, 6) is -1.12. The normalized spacial score (nSPS) is 17.5. The first-order valence-electron chi connectivity index (χ1n) is 6.86. The zero-order valence-corrected chi connectivity index (χ0v) is 12.3. The predicted molar refractivity (Wildman–Crippen MR) is 74.4 cm³/mol. The largest absolute Gasteiger partial charge is 0.435 e. The van der Waals surface area contributed by atoms with Crippen LogP contribution in [0.3, 0.4) is 0 Å². The van der Waals surface area contributed by atoms with Gasteiger partial charge in [-0.15, -0.1) is 0 Å². The molecule has 6 nitrogen and oxygen atoms in total. The lowest BCUT2D eigenvalue weighted by atomic mass is 10.2. The molecule has 3 amide bonds. The Kier molecular flexibility index (Phi) is 5.30. The molecule has 2 N–H and O–H groups in total. The standard InChI is InChI=1S/C14H16F3N3O3/c1-20-7-9(4-12(20)21)19-14(22)18-6-8-2-3-10(5-11(8)15)23-13(16)17/h2-3,5,9,13H,4,6-7H2,1H3,(H2,18,19,22)/t9-/m0/s1. The van der Waals surface area contributed by atoms with Crippen molar-refractivity contribution in [3.05, 3.63) is 29.6 Å². The minimum Gasteiger partial charge on any atom is -0.435 e. The van der Waals surface area contributed by atoms with Gasteiger partial charge in [0.05, 0.1) is 6.04 Å². The molecule has 0 radical (unpaired) electrons. The summed E-state index contributed by atoms with van der Waals surface area (Å²) in [6.07, 6.45) is 0.220. The lowest BCUT2D eigenvalue weighted by Crippen LogP contribution is -2.42. The fraction of sp³-hybridized carbons (Fsp3) is 0.429. The third-order valence-corrected chi connectivity index (χ3v) is 3.37. The Bertz CT molecular complexity index is 598. The number of ether oxygens (including phenoxy) is 1. The second-order valence-corrected chi connectivity index (χ2v) is 5.13. The SMILES string of the molecule is CN1C[C@@H](NC(=O)NCc2ccc(OC(F)F)cc2F)CC1=O. The summed E-state index contributed by atoms with van der Waals surface area (Å²) in [5.41, 5.74) is 0.126. The van der Waals surface area contributed by atoms with Crippen LogP contribution in [0.25, 0.3) is 0 Å². The van der Waals surface area contributed by atoms with Crippen molar-refractivity contribution in [1.82, 2.24) is 15.5 Å². The average Bonchev–Trinajstić information content (AvgIpc) is 2.75. The van der Waals surface area contributed by atoms with Crippen LogP contribution in [-0.2, 0) is 11.3 Å². The molecule has 1 heterocycles. The third-order valence-electron chi connectivity index (χ3n) is 3.37. The number of urea groups is 1. The molecule has 0 saturated carbocycles. The van der Waals surface area contributed by atoms with Gasteiger partial charge in [0.15, 0.2) is 0 Å². The number of nitrogens with zero attached hydrogens (tertiary/aromatic N) is 1. The molecule has 0 spiro atoms. The van der Waals surface area contributed by atoms with Crippen LogP contribution in [0.5, 0.6) is 5.75 Å². The van der Waals surface area contributed by atoms with Crippen LogP contribution >= 0.6 is 0 Å². The molecule has 126 valence electrons. The fourth-order valence-corrected chi connectivity index (χ4v) is 2.22. The van der Waals surface area contributed by atoms with E-state index in [1.165, 1.54) is 17.0 Å². The molecule has 1 aliphatic heterocycles. The van der Waals surface area contributed by atoms with Gasteiger partial charge in [-0.3, -0.25) is 4.79 Å². The van der Waals surface area contributed by atoms with Crippen molar-refractivity contribution in [3.8, 4) is 5.75 Å². The van der Waals surface area contributed by atoms with Crippen molar-refractivity contribution in [2.24, 2.45) is 0 Å². The second-order valence-electron chi connectivity index (χ2n) is 5.13. The Hall–Kier alpha value is -2.45.